The number of benzene rings is 1. The molecule has 1 aromatic carbocycles. The van der Waals surface area contributed by atoms with Crippen LogP contribution >= 0.6 is 23.4 Å². The number of aliphatic carboxylic acids is 1. The molecule has 0 spiro atoms. The number of nitrogens with one attached hydrogen (secondary N) is 2. The average molecular weight is 394 g/mol. The fraction of sp³-hybridized carbons (Fsp3) is 0.176. The summed E-state index contributed by atoms with van der Waals surface area (Å²) in [6, 6.07) is 10.2. The standard InChI is InChI=1S/C17H16ClN3O4S/c18-11-1-6-14(19-9-11)21-16(23)10-26-13-4-2-12(3-5-13)20-15(22)7-8-17(24)25/h1-6,9H,7-8,10H2,(H,20,22)(H,24,25)(H,19,21,23). The SMILES string of the molecule is O=C(O)CCC(=O)Nc1ccc(SCC(=O)Nc2ccc(Cl)cn2)cc1. The Morgan fingerprint density at radius 3 is 2.35 bits per heavy atom. The molecule has 136 valence electrons. The van der Waals surface area contributed by atoms with Gasteiger partial charge in [0.25, 0.3) is 0 Å². The number of halogens is 1. The Balaban J connectivity index is 1.77. The smallest absolute Gasteiger partial charge is 0.303 e. The average Bonchev–Trinajstić information content (AvgIpc) is 2.61. The van der Waals surface area contributed by atoms with Gasteiger partial charge < -0.3 is 15.7 Å². The van der Waals surface area contributed by atoms with Gasteiger partial charge in [0.15, 0.2) is 0 Å². The molecule has 26 heavy (non-hydrogen) atoms. The summed E-state index contributed by atoms with van der Waals surface area (Å²) in [4.78, 5) is 38.7. The molecule has 0 bridgehead atoms. The van der Waals surface area contributed by atoms with Gasteiger partial charge in [0, 0.05) is 23.2 Å². The molecule has 0 aliphatic heterocycles. The molecule has 2 aromatic rings. The number of thioether (sulfide) groups is 1. The van der Waals surface area contributed by atoms with Crippen molar-refractivity contribution < 1.29 is 19.5 Å². The molecule has 2 amide bonds. The molecule has 0 fully saturated rings. The molecule has 0 saturated carbocycles. The van der Waals surface area contributed by atoms with Crippen molar-refractivity contribution in [2.45, 2.75) is 17.7 Å². The molecule has 0 radical (unpaired) electrons. The van der Waals surface area contributed by atoms with Crippen molar-refractivity contribution in [1.82, 2.24) is 4.98 Å². The zero-order valence-corrected chi connectivity index (χ0v) is 15.1. The second kappa shape index (κ2) is 9.79. The lowest BCUT2D eigenvalue weighted by Crippen LogP contribution is -2.14. The molecule has 1 heterocycles. The summed E-state index contributed by atoms with van der Waals surface area (Å²) in [6.45, 7) is 0. The molecule has 0 aliphatic rings. The van der Waals surface area contributed by atoms with E-state index in [0.29, 0.717) is 16.5 Å². The number of amides is 2. The molecule has 0 unspecified atom stereocenters. The Morgan fingerprint density at radius 1 is 1.00 bits per heavy atom. The summed E-state index contributed by atoms with van der Waals surface area (Å²) >= 11 is 7.07. The van der Waals surface area contributed by atoms with Crippen LogP contribution in [0, 0.1) is 0 Å². The predicted molar refractivity (Wildman–Crippen MR) is 101 cm³/mol. The maximum absolute atomic E-state index is 11.9. The topological polar surface area (TPSA) is 108 Å². The number of aromatic nitrogens is 1. The van der Waals surface area contributed by atoms with Gasteiger partial charge in [-0.25, -0.2) is 4.98 Å². The van der Waals surface area contributed by atoms with Crippen LogP contribution < -0.4 is 10.6 Å². The number of pyridine rings is 1. The van der Waals surface area contributed by atoms with E-state index in [4.69, 9.17) is 16.7 Å². The Bertz CT molecular complexity index is 782. The maximum Gasteiger partial charge on any atom is 0.303 e. The van der Waals surface area contributed by atoms with Crippen molar-refractivity contribution in [2.24, 2.45) is 0 Å². The molecule has 3 N–H and O–H groups in total. The second-order valence-electron chi connectivity index (χ2n) is 5.16. The van der Waals surface area contributed by atoms with Crippen molar-refractivity contribution in [3.05, 3.63) is 47.6 Å². The second-order valence-corrected chi connectivity index (χ2v) is 6.65. The van der Waals surface area contributed by atoms with Gasteiger partial charge in [-0.05, 0) is 36.4 Å². The maximum atomic E-state index is 11.9. The highest BCUT2D eigenvalue weighted by Gasteiger charge is 2.07. The molecule has 1 aromatic heterocycles. The third-order valence-electron chi connectivity index (χ3n) is 3.07. The lowest BCUT2D eigenvalue weighted by atomic mass is 10.2. The van der Waals surface area contributed by atoms with Gasteiger partial charge in [0.1, 0.15) is 5.82 Å². The Hall–Kier alpha value is -2.58. The quantitative estimate of drug-likeness (QED) is 0.594. The van der Waals surface area contributed by atoms with Gasteiger partial charge in [0.2, 0.25) is 11.8 Å². The third-order valence-corrected chi connectivity index (χ3v) is 4.30. The molecule has 9 heteroatoms. The zero-order chi connectivity index (χ0) is 18.9. The van der Waals surface area contributed by atoms with Crippen LogP contribution in [0.2, 0.25) is 5.02 Å². The van der Waals surface area contributed by atoms with Crippen molar-refractivity contribution >= 4 is 52.7 Å². The van der Waals surface area contributed by atoms with Crippen LogP contribution in [0.25, 0.3) is 0 Å². The van der Waals surface area contributed by atoms with Crippen LogP contribution in [0.5, 0.6) is 0 Å². The van der Waals surface area contributed by atoms with Crippen molar-refractivity contribution in [3.63, 3.8) is 0 Å². The summed E-state index contributed by atoms with van der Waals surface area (Å²) in [6.07, 6.45) is 1.16. The Morgan fingerprint density at radius 2 is 1.73 bits per heavy atom. The lowest BCUT2D eigenvalue weighted by Gasteiger charge is -2.07. The van der Waals surface area contributed by atoms with E-state index in [9.17, 15) is 14.4 Å². The number of nitrogens with zero attached hydrogens (tertiary/aromatic N) is 1. The van der Waals surface area contributed by atoms with Crippen LogP contribution in [0.4, 0.5) is 11.5 Å². The van der Waals surface area contributed by atoms with Gasteiger partial charge in [-0.1, -0.05) is 11.6 Å². The van der Waals surface area contributed by atoms with Crippen molar-refractivity contribution in [3.8, 4) is 0 Å². The van der Waals surface area contributed by atoms with Gasteiger partial charge in [-0.3, -0.25) is 14.4 Å². The summed E-state index contributed by atoms with van der Waals surface area (Å²) in [5.74, 6) is -0.939. The fourth-order valence-corrected chi connectivity index (χ4v) is 2.67. The van der Waals surface area contributed by atoms with E-state index >= 15 is 0 Å². The highest BCUT2D eigenvalue weighted by molar-refractivity contribution is 8.00. The first-order valence-corrected chi connectivity index (χ1v) is 8.94. The number of carboxylic acid groups (broad SMARTS) is 1. The van der Waals surface area contributed by atoms with Crippen LogP contribution in [-0.2, 0) is 14.4 Å². The first kappa shape index (κ1) is 19.7. The highest BCUT2D eigenvalue weighted by Crippen LogP contribution is 2.21. The molecule has 0 atom stereocenters. The number of carbonyl (C=O) groups excluding carboxylic acids is 2. The fourth-order valence-electron chi connectivity index (χ4n) is 1.86. The number of hydrogen-bond donors (Lipinski definition) is 3. The van der Waals surface area contributed by atoms with Gasteiger partial charge in [0.05, 0.1) is 17.2 Å². The van der Waals surface area contributed by atoms with Crippen LogP contribution in [-0.4, -0.2) is 33.6 Å². The highest BCUT2D eigenvalue weighted by atomic mass is 35.5. The predicted octanol–water partition coefficient (Wildman–Crippen LogP) is 3.27. The first-order valence-electron chi connectivity index (χ1n) is 7.58. The number of rotatable bonds is 8. The van der Waals surface area contributed by atoms with E-state index in [-0.39, 0.29) is 30.4 Å². The van der Waals surface area contributed by atoms with E-state index < -0.39 is 5.97 Å². The minimum absolute atomic E-state index is 0.0786. The third kappa shape index (κ3) is 7.12. The van der Waals surface area contributed by atoms with E-state index in [0.717, 1.165) is 4.90 Å². The summed E-state index contributed by atoms with van der Waals surface area (Å²) in [5.41, 5.74) is 0.569. The van der Waals surface area contributed by atoms with E-state index in [1.54, 1.807) is 36.4 Å². The van der Waals surface area contributed by atoms with Crippen LogP contribution in [0.15, 0.2) is 47.5 Å². The van der Waals surface area contributed by atoms with Crippen molar-refractivity contribution in [1.29, 1.82) is 0 Å². The molecule has 7 nitrogen and oxygen atoms in total. The van der Waals surface area contributed by atoms with Gasteiger partial charge in [-0.2, -0.15) is 0 Å². The molecule has 0 saturated heterocycles. The summed E-state index contributed by atoms with van der Waals surface area (Å²) < 4.78 is 0. The molecule has 0 aliphatic carbocycles. The Kier molecular flexibility index (Phi) is 7.43. The zero-order valence-electron chi connectivity index (χ0n) is 13.6. The molecular weight excluding hydrogens is 378 g/mol. The van der Waals surface area contributed by atoms with Crippen molar-refractivity contribution in [2.75, 3.05) is 16.4 Å². The minimum atomic E-state index is -1.01. The summed E-state index contributed by atoms with van der Waals surface area (Å²) in [7, 11) is 0. The first-order chi connectivity index (χ1) is 12.4. The normalized spacial score (nSPS) is 10.2. The summed E-state index contributed by atoms with van der Waals surface area (Å²) in [5, 5.41) is 14.3. The molecule has 2 rings (SSSR count). The number of anilines is 2. The monoisotopic (exact) mass is 393 g/mol. The van der Waals surface area contributed by atoms with E-state index in [2.05, 4.69) is 15.6 Å². The number of hydrogen-bond acceptors (Lipinski definition) is 5. The van der Waals surface area contributed by atoms with Gasteiger partial charge >= 0.3 is 5.97 Å². The largest absolute Gasteiger partial charge is 0.481 e. The number of carbonyl (C=O) groups is 3. The van der Waals surface area contributed by atoms with Crippen LogP contribution in [0.1, 0.15) is 12.8 Å². The number of carboxylic acids is 1. The van der Waals surface area contributed by atoms with E-state index in [1.165, 1.54) is 18.0 Å². The van der Waals surface area contributed by atoms with E-state index in [1.807, 2.05) is 0 Å². The minimum Gasteiger partial charge on any atom is -0.481 e. The Labute approximate surface area is 159 Å². The van der Waals surface area contributed by atoms with Crippen LogP contribution in [0.3, 0.4) is 0 Å². The lowest BCUT2D eigenvalue weighted by molar-refractivity contribution is -0.138. The van der Waals surface area contributed by atoms with Gasteiger partial charge in [-0.15, -0.1) is 11.8 Å². The molecular formula is C17H16ClN3O4S.